The minimum Gasteiger partial charge on any atom is -0.497 e. The van der Waals surface area contributed by atoms with Crippen molar-refractivity contribution in [3.63, 3.8) is 0 Å². The molecule has 0 radical (unpaired) electrons. The van der Waals surface area contributed by atoms with Crippen molar-refractivity contribution in [2.45, 2.75) is 32.9 Å². The number of benzene rings is 1. The summed E-state index contributed by atoms with van der Waals surface area (Å²) in [5.41, 5.74) is 1.11. The quantitative estimate of drug-likeness (QED) is 0.883. The van der Waals surface area contributed by atoms with Gasteiger partial charge < -0.3 is 15.4 Å². The lowest BCUT2D eigenvalue weighted by Crippen LogP contribution is -2.27. The maximum absolute atomic E-state index is 5.14. The largest absolute Gasteiger partial charge is 0.497 e. The zero-order chi connectivity index (χ0) is 15.3. The summed E-state index contributed by atoms with van der Waals surface area (Å²) < 4.78 is 5.14. The van der Waals surface area contributed by atoms with Gasteiger partial charge in [-0.15, -0.1) is 0 Å². The van der Waals surface area contributed by atoms with Crippen LogP contribution in [-0.2, 0) is 6.54 Å². The minimum atomic E-state index is -0.0609. The summed E-state index contributed by atoms with van der Waals surface area (Å²) in [7, 11) is 1.66. The van der Waals surface area contributed by atoms with E-state index in [0.29, 0.717) is 12.5 Å². The van der Waals surface area contributed by atoms with Gasteiger partial charge in [-0.05, 0) is 44.5 Å². The molecule has 1 aromatic heterocycles. The van der Waals surface area contributed by atoms with Crippen LogP contribution in [0.4, 0.5) is 11.8 Å². The van der Waals surface area contributed by atoms with E-state index in [2.05, 4.69) is 41.4 Å². The zero-order valence-electron chi connectivity index (χ0n) is 13.0. The molecular weight excluding hydrogens is 264 g/mol. The number of anilines is 2. The van der Waals surface area contributed by atoms with Gasteiger partial charge in [0.15, 0.2) is 0 Å². The Kier molecular flexibility index (Phi) is 4.62. The van der Waals surface area contributed by atoms with Crippen LogP contribution in [0.1, 0.15) is 26.3 Å². The second-order valence-electron chi connectivity index (χ2n) is 5.84. The fraction of sp³-hybridized carbons (Fsp3) is 0.375. The van der Waals surface area contributed by atoms with E-state index >= 15 is 0 Å². The molecule has 0 saturated carbocycles. The van der Waals surface area contributed by atoms with E-state index in [-0.39, 0.29) is 5.54 Å². The number of rotatable bonds is 5. The summed E-state index contributed by atoms with van der Waals surface area (Å²) in [5.74, 6) is 2.28. The van der Waals surface area contributed by atoms with E-state index in [1.54, 1.807) is 13.3 Å². The lowest BCUT2D eigenvalue weighted by Gasteiger charge is -2.20. The minimum absolute atomic E-state index is 0.0609. The SMILES string of the molecule is COc1ccc(CNc2ccnc(NC(C)(C)C)n2)cc1. The number of nitrogens with one attached hydrogen (secondary N) is 2. The third kappa shape index (κ3) is 4.95. The van der Waals surface area contributed by atoms with Crippen molar-refractivity contribution in [2.24, 2.45) is 0 Å². The van der Waals surface area contributed by atoms with E-state index in [4.69, 9.17) is 4.74 Å². The highest BCUT2D eigenvalue weighted by Gasteiger charge is 2.11. The third-order valence-corrected chi connectivity index (χ3v) is 2.78. The normalized spacial score (nSPS) is 11.0. The number of hydrogen-bond donors (Lipinski definition) is 2. The molecular formula is C16H22N4O. The van der Waals surface area contributed by atoms with E-state index in [1.165, 1.54) is 5.56 Å². The predicted octanol–water partition coefficient (Wildman–Crippen LogP) is 3.31. The second-order valence-corrected chi connectivity index (χ2v) is 5.84. The standard InChI is InChI=1S/C16H22N4O/c1-16(2,3)20-15-17-10-9-14(19-15)18-11-12-5-7-13(21-4)8-6-12/h5-10H,11H2,1-4H3,(H2,17,18,19,20). The Balaban J connectivity index is 1.97. The van der Waals surface area contributed by atoms with E-state index < -0.39 is 0 Å². The van der Waals surface area contributed by atoms with Crippen LogP contribution >= 0.6 is 0 Å². The Bertz CT molecular complexity index is 576. The molecule has 2 aromatic rings. The molecule has 0 bridgehead atoms. The summed E-state index contributed by atoms with van der Waals surface area (Å²) in [6.07, 6.45) is 1.75. The first kappa shape index (κ1) is 15.1. The fourth-order valence-corrected chi connectivity index (χ4v) is 1.79. The number of nitrogens with zero attached hydrogens (tertiary/aromatic N) is 2. The maximum atomic E-state index is 5.14. The van der Waals surface area contributed by atoms with Crippen molar-refractivity contribution in [3.05, 3.63) is 42.1 Å². The van der Waals surface area contributed by atoms with Crippen LogP contribution in [0.2, 0.25) is 0 Å². The Labute approximate surface area is 125 Å². The molecule has 0 unspecified atom stereocenters. The molecule has 0 aliphatic carbocycles. The zero-order valence-corrected chi connectivity index (χ0v) is 13.0. The summed E-state index contributed by atoms with van der Waals surface area (Å²) in [6, 6.07) is 9.81. The molecule has 21 heavy (non-hydrogen) atoms. The van der Waals surface area contributed by atoms with Gasteiger partial charge in [0.25, 0.3) is 0 Å². The highest BCUT2D eigenvalue weighted by atomic mass is 16.5. The van der Waals surface area contributed by atoms with Gasteiger partial charge in [0.05, 0.1) is 7.11 Å². The van der Waals surface area contributed by atoms with E-state index in [0.717, 1.165) is 11.6 Å². The van der Waals surface area contributed by atoms with Gasteiger partial charge in [0.2, 0.25) is 5.95 Å². The van der Waals surface area contributed by atoms with Crippen molar-refractivity contribution in [3.8, 4) is 5.75 Å². The lowest BCUT2D eigenvalue weighted by atomic mass is 10.1. The summed E-state index contributed by atoms with van der Waals surface area (Å²) in [5, 5.41) is 6.55. The first-order valence-electron chi connectivity index (χ1n) is 6.94. The predicted molar refractivity (Wildman–Crippen MR) is 85.7 cm³/mol. The Morgan fingerprint density at radius 2 is 1.81 bits per heavy atom. The third-order valence-electron chi connectivity index (χ3n) is 2.78. The number of hydrogen-bond acceptors (Lipinski definition) is 5. The Morgan fingerprint density at radius 1 is 1.10 bits per heavy atom. The maximum Gasteiger partial charge on any atom is 0.224 e. The first-order chi connectivity index (χ1) is 9.96. The van der Waals surface area contributed by atoms with Crippen molar-refractivity contribution >= 4 is 11.8 Å². The molecule has 112 valence electrons. The first-order valence-corrected chi connectivity index (χ1v) is 6.94. The molecule has 1 aromatic carbocycles. The summed E-state index contributed by atoms with van der Waals surface area (Å²) in [6.45, 7) is 6.94. The number of aromatic nitrogens is 2. The summed E-state index contributed by atoms with van der Waals surface area (Å²) >= 11 is 0. The smallest absolute Gasteiger partial charge is 0.224 e. The van der Waals surface area contributed by atoms with E-state index in [1.807, 2.05) is 30.3 Å². The fourth-order valence-electron chi connectivity index (χ4n) is 1.79. The molecule has 1 heterocycles. The highest BCUT2D eigenvalue weighted by molar-refractivity contribution is 5.41. The molecule has 0 aliphatic heterocycles. The Morgan fingerprint density at radius 3 is 2.43 bits per heavy atom. The molecule has 0 saturated heterocycles. The number of methoxy groups -OCH3 is 1. The average Bonchev–Trinajstić information content (AvgIpc) is 2.44. The molecule has 0 spiro atoms. The summed E-state index contributed by atoms with van der Waals surface area (Å²) in [4.78, 5) is 8.67. The molecule has 2 N–H and O–H groups in total. The van der Waals surface area contributed by atoms with Crippen LogP contribution < -0.4 is 15.4 Å². The van der Waals surface area contributed by atoms with Crippen LogP contribution in [-0.4, -0.2) is 22.6 Å². The molecule has 0 fully saturated rings. The molecule has 5 nitrogen and oxygen atoms in total. The topological polar surface area (TPSA) is 59.1 Å². The van der Waals surface area contributed by atoms with Gasteiger partial charge in [0, 0.05) is 18.3 Å². The van der Waals surface area contributed by atoms with Crippen LogP contribution in [0.5, 0.6) is 5.75 Å². The molecule has 2 rings (SSSR count). The van der Waals surface area contributed by atoms with Crippen LogP contribution in [0.15, 0.2) is 36.5 Å². The van der Waals surface area contributed by atoms with Gasteiger partial charge in [0.1, 0.15) is 11.6 Å². The van der Waals surface area contributed by atoms with Crippen LogP contribution in [0.25, 0.3) is 0 Å². The van der Waals surface area contributed by atoms with Crippen LogP contribution in [0.3, 0.4) is 0 Å². The monoisotopic (exact) mass is 286 g/mol. The number of ether oxygens (including phenoxy) is 1. The second kappa shape index (κ2) is 6.43. The van der Waals surface area contributed by atoms with Gasteiger partial charge in [-0.1, -0.05) is 12.1 Å². The van der Waals surface area contributed by atoms with Gasteiger partial charge in [-0.2, -0.15) is 4.98 Å². The molecule has 0 amide bonds. The lowest BCUT2D eigenvalue weighted by molar-refractivity contribution is 0.414. The van der Waals surface area contributed by atoms with Crippen molar-refractivity contribution < 1.29 is 4.74 Å². The Hall–Kier alpha value is -2.30. The molecule has 0 aliphatic rings. The molecule has 5 heteroatoms. The van der Waals surface area contributed by atoms with Crippen LogP contribution in [0, 0.1) is 0 Å². The van der Waals surface area contributed by atoms with Gasteiger partial charge in [-0.3, -0.25) is 0 Å². The highest BCUT2D eigenvalue weighted by Crippen LogP contribution is 2.14. The molecule has 0 atom stereocenters. The van der Waals surface area contributed by atoms with Crippen molar-refractivity contribution in [1.29, 1.82) is 0 Å². The van der Waals surface area contributed by atoms with E-state index in [9.17, 15) is 0 Å². The van der Waals surface area contributed by atoms with Gasteiger partial charge >= 0.3 is 0 Å². The van der Waals surface area contributed by atoms with Gasteiger partial charge in [-0.25, -0.2) is 4.98 Å². The average molecular weight is 286 g/mol. The van der Waals surface area contributed by atoms with Crippen molar-refractivity contribution in [1.82, 2.24) is 9.97 Å². The van der Waals surface area contributed by atoms with Crippen molar-refractivity contribution in [2.75, 3.05) is 17.7 Å².